The van der Waals surface area contributed by atoms with Crippen LogP contribution < -0.4 is 16.6 Å². The number of carbonyl (C=O) groups excluding carboxylic acids is 1. The molecule has 0 bridgehead atoms. The van der Waals surface area contributed by atoms with E-state index in [0.29, 0.717) is 51.0 Å². The molecule has 12 nitrogen and oxygen atoms in total. The summed E-state index contributed by atoms with van der Waals surface area (Å²) in [6.07, 6.45) is 8.08. The van der Waals surface area contributed by atoms with Crippen molar-refractivity contribution in [1.29, 1.82) is 0 Å². The lowest BCUT2D eigenvalue weighted by Crippen LogP contribution is -2.45. The fourth-order valence-corrected chi connectivity index (χ4v) is 7.44. The van der Waals surface area contributed by atoms with Gasteiger partial charge in [-0.25, -0.2) is 23.1 Å². The molecule has 1 saturated carbocycles. The molecule has 0 saturated heterocycles. The molecule has 2 aromatic carbocycles. The molecule has 0 spiro atoms. The topological polar surface area (TPSA) is 128 Å². The summed E-state index contributed by atoms with van der Waals surface area (Å²) < 4.78 is 30.9. The van der Waals surface area contributed by atoms with Gasteiger partial charge in [0.05, 0.1) is 29.9 Å². The van der Waals surface area contributed by atoms with Crippen LogP contribution in [0.4, 0.5) is 8.78 Å². The first-order chi connectivity index (χ1) is 25.4. The fourth-order valence-electron chi connectivity index (χ4n) is 7.44. The zero-order chi connectivity index (χ0) is 37.4. The van der Waals surface area contributed by atoms with Gasteiger partial charge in [0.15, 0.2) is 5.65 Å². The molecule has 4 heterocycles. The largest absolute Gasteiger partial charge is 0.508 e. The molecule has 4 aromatic rings. The average Bonchev–Trinajstić information content (AvgIpc) is 3.54. The van der Waals surface area contributed by atoms with E-state index in [1.807, 2.05) is 22.9 Å². The molecule has 2 N–H and O–H groups in total. The van der Waals surface area contributed by atoms with E-state index in [2.05, 4.69) is 15.3 Å². The Kier molecular flexibility index (Phi) is 10.1. The number of nitrogens with one attached hydrogen (secondary N) is 1. The monoisotopic (exact) mass is 724 g/mol. The van der Waals surface area contributed by atoms with E-state index in [1.165, 1.54) is 26.3 Å². The van der Waals surface area contributed by atoms with Gasteiger partial charge in [0, 0.05) is 52.0 Å². The van der Waals surface area contributed by atoms with Crippen molar-refractivity contribution in [3.8, 4) is 22.6 Å². The summed E-state index contributed by atoms with van der Waals surface area (Å²) >= 11 is 0. The van der Waals surface area contributed by atoms with Gasteiger partial charge < -0.3 is 20.2 Å². The van der Waals surface area contributed by atoms with E-state index >= 15 is 0 Å². The van der Waals surface area contributed by atoms with Crippen LogP contribution in [-0.4, -0.2) is 98.5 Å². The van der Waals surface area contributed by atoms with Crippen LogP contribution in [-0.2, 0) is 11.3 Å². The summed E-state index contributed by atoms with van der Waals surface area (Å²) in [5.74, 6) is -0.220. The van der Waals surface area contributed by atoms with Gasteiger partial charge in [-0.3, -0.25) is 24.0 Å². The summed E-state index contributed by atoms with van der Waals surface area (Å²) in [6.45, 7) is 1.76. The van der Waals surface area contributed by atoms with Gasteiger partial charge in [0.1, 0.15) is 23.2 Å². The highest BCUT2D eigenvalue weighted by molar-refractivity contribution is 5.96. The van der Waals surface area contributed by atoms with Crippen molar-refractivity contribution in [1.82, 2.24) is 34.1 Å². The van der Waals surface area contributed by atoms with E-state index in [0.717, 1.165) is 34.8 Å². The summed E-state index contributed by atoms with van der Waals surface area (Å²) in [6, 6.07) is 13.1. The number of rotatable bonds is 10. The molecule has 53 heavy (non-hydrogen) atoms. The van der Waals surface area contributed by atoms with Crippen molar-refractivity contribution in [3.05, 3.63) is 111 Å². The second-order valence-electron chi connectivity index (χ2n) is 14.2. The second-order valence-corrected chi connectivity index (χ2v) is 14.2. The molecule has 1 fully saturated rings. The van der Waals surface area contributed by atoms with Crippen molar-refractivity contribution < 1.29 is 18.7 Å². The fraction of sp³-hybridized carbons (Fsp3) is 0.359. The van der Waals surface area contributed by atoms with Gasteiger partial charge in [0.25, 0.3) is 5.56 Å². The smallest absolute Gasteiger partial charge is 0.337 e. The number of halogens is 2. The summed E-state index contributed by atoms with van der Waals surface area (Å²) in [5, 5.41) is 13.9. The van der Waals surface area contributed by atoms with Crippen molar-refractivity contribution in [2.24, 2.45) is 4.99 Å². The highest BCUT2D eigenvalue weighted by Crippen LogP contribution is 2.31. The van der Waals surface area contributed by atoms with Crippen LogP contribution in [0.5, 0.6) is 5.75 Å². The molecule has 0 radical (unpaired) electrons. The second kappa shape index (κ2) is 14.9. The number of phenolic OH excluding ortho intramolecular Hbond substituents is 1. The minimum atomic E-state index is -0.681. The molecule has 2 aromatic heterocycles. The van der Waals surface area contributed by atoms with E-state index in [9.17, 15) is 28.3 Å². The molecular formula is C39H42F2N8O4. The predicted molar refractivity (Wildman–Crippen MR) is 199 cm³/mol. The maximum Gasteiger partial charge on any atom is 0.337 e. The maximum atomic E-state index is 14.6. The number of amidine groups is 1. The number of likely N-dealkylation sites (N-methyl/N-ethyl adjacent to an activating group) is 2. The number of phenols is 1. The van der Waals surface area contributed by atoms with Crippen LogP contribution in [0.2, 0.25) is 0 Å². The molecular weight excluding hydrogens is 682 g/mol. The number of amides is 1. The maximum absolute atomic E-state index is 14.6. The third-order valence-electron chi connectivity index (χ3n) is 10.1. The van der Waals surface area contributed by atoms with Gasteiger partial charge in [-0.05, 0) is 91.9 Å². The zero-order valence-corrected chi connectivity index (χ0v) is 29.9. The number of carbonyl (C=O) groups is 1. The van der Waals surface area contributed by atoms with Gasteiger partial charge in [-0.15, -0.1) is 0 Å². The Morgan fingerprint density at radius 1 is 1.02 bits per heavy atom. The van der Waals surface area contributed by atoms with Gasteiger partial charge in [-0.1, -0.05) is 18.2 Å². The number of hydrogen-bond donors (Lipinski definition) is 2. The van der Waals surface area contributed by atoms with Crippen LogP contribution in [0.25, 0.3) is 27.8 Å². The van der Waals surface area contributed by atoms with Crippen LogP contribution in [0.1, 0.15) is 37.3 Å². The normalized spacial score (nSPS) is 19.7. The minimum absolute atomic E-state index is 0.00380. The third kappa shape index (κ3) is 7.55. The zero-order valence-electron chi connectivity index (χ0n) is 29.9. The van der Waals surface area contributed by atoms with Crippen LogP contribution in [0.15, 0.2) is 93.5 Å². The number of pyridine rings is 1. The average molecular weight is 725 g/mol. The Balaban J connectivity index is 1.16. The molecule has 3 aliphatic rings. The number of fused-ring (bicyclic) bond motifs is 2. The highest BCUT2D eigenvalue weighted by Gasteiger charge is 2.29. The number of aromatic nitrogens is 3. The van der Waals surface area contributed by atoms with Gasteiger partial charge in [0.2, 0.25) is 5.91 Å². The number of hydrogen-bond acceptors (Lipinski definition) is 9. The van der Waals surface area contributed by atoms with Crippen LogP contribution >= 0.6 is 0 Å². The van der Waals surface area contributed by atoms with Crippen molar-refractivity contribution in [3.63, 3.8) is 0 Å². The van der Waals surface area contributed by atoms with Crippen molar-refractivity contribution in [2.45, 2.75) is 50.4 Å². The van der Waals surface area contributed by atoms with Gasteiger partial charge >= 0.3 is 5.69 Å². The van der Waals surface area contributed by atoms with E-state index < -0.39 is 23.1 Å². The predicted octanol–water partition coefficient (Wildman–Crippen LogP) is 4.12. The third-order valence-corrected chi connectivity index (χ3v) is 10.1. The Labute approximate surface area is 305 Å². The first-order valence-corrected chi connectivity index (χ1v) is 17.7. The lowest BCUT2D eigenvalue weighted by Gasteiger charge is -2.31. The van der Waals surface area contributed by atoms with Crippen molar-refractivity contribution in [2.75, 3.05) is 40.8 Å². The molecule has 1 aliphatic carbocycles. The molecule has 276 valence electrons. The summed E-state index contributed by atoms with van der Waals surface area (Å²) in [7, 11) is 5.21. The van der Waals surface area contributed by atoms with Gasteiger partial charge in [-0.2, -0.15) is 0 Å². The Hall–Kier alpha value is -5.47. The lowest BCUT2D eigenvalue weighted by atomic mass is 9.90. The summed E-state index contributed by atoms with van der Waals surface area (Å²) in [4.78, 5) is 54.8. The molecule has 2 aliphatic heterocycles. The highest BCUT2D eigenvalue weighted by atomic mass is 19.1. The lowest BCUT2D eigenvalue weighted by molar-refractivity contribution is -0.129. The molecule has 14 heteroatoms. The van der Waals surface area contributed by atoms with E-state index in [4.69, 9.17) is 0 Å². The standard InChI is InChI=1S/C39H42F2N8O4/c1-45(2)36(51)23-46(3)20-25-16-32(50)12-13-33(25)24-5-4-6-31(15-24)48-37-34(17-27(41)18-43-37)38(52)49(39(48)53)30-10-8-28(9-11-30)42-19-29-22-47-21-26(40)7-14-35(47)44-29/h4-7,12-18,21,28-30,42,50H,8-11,19-20,22-23H2,1-3H3/t28-,29?,30+. The minimum Gasteiger partial charge on any atom is -0.508 e. The van der Waals surface area contributed by atoms with Crippen LogP contribution in [0, 0.1) is 5.82 Å². The molecule has 1 unspecified atom stereocenters. The Morgan fingerprint density at radius 2 is 1.81 bits per heavy atom. The first kappa shape index (κ1) is 35.9. The first-order valence-electron chi connectivity index (χ1n) is 17.7. The molecule has 7 rings (SSSR count). The summed E-state index contributed by atoms with van der Waals surface area (Å²) in [5.41, 5.74) is 1.63. The molecule has 1 amide bonds. The Morgan fingerprint density at radius 3 is 2.58 bits per heavy atom. The van der Waals surface area contributed by atoms with E-state index in [1.54, 1.807) is 56.6 Å². The van der Waals surface area contributed by atoms with E-state index in [-0.39, 0.29) is 47.1 Å². The number of allylic oxidation sites excluding steroid dienone is 2. The SMILES string of the molecule is CN(CC(=O)N(C)C)Cc1cc(O)ccc1-c1cccc(-n2c(=O)n([C@H]3CC[C@@H](NCC4CN5C=C(F)C=CC5=N4)CC3)c(=O)c3cc(F)cnc32)c1. The quantitative estimate of drug-likeness (QED) is 0.250. The number of benzene rings is 2. The number of nitrogens with zero attached hydrogens (tertiary/aromatic N) is 7. The molecule has 1 atom stereocenters. The number of aliphatic imine (C=N–C) groups is 1. The Bertz CT molecular complexity index is 2270. The van der Waals surface area contributed by atoms with Crippen molar-refractivity contribution >= 4 is 22.8 Å². The number of aromatic hydroxyl groups is 1. The van der Waals surface area contributed by atoms with Crippen LogP contribution in [0.3, 0.4) is 0 Å².